The first-order valence-electron chi connectivity index (χ1n) is 10.3. The van der Waals surface area contributed by atoms with Crippen molar-refractivity contribution >= 4 is 44.3 Å². The number of furan rings is 1. The van der Waals surface area contributed by atoms with Crippen molar-refractivity contribution in [1.82, 2.24) is 9.80 Å². The number of sulfone groups is 1. The molecule has 11 heteroatoms. The van der Waals surface area contributed by atoms with Crippen LogP contribution in [0.2, 0.25) is 0 Å². The van der Waals surface area contributed by atoms with E-state index in [1.165, 1.54) is 18.0 Å². The van der Waals surface area contributed by atoms with Crippen molar-refractivity contribution in [2.45, 2.75) is 11.3 Å². The van der Waals surface area contributed by atoms with E-state index in [9.17, 15) is 18.0 Å². The van der Waals surface area contributed by atoms with E-state index in [0.717, 1.165) is 5.69 Å². The minimum Gasteiger partial charge on any atom is -0.459 e. The van der Waals surface area contributed by atoms with Gasteiger partial charge in [0, 0.05) is 42.7 Å². The Morgan fingerprint density at radius 3 is 2.47 bits per heavy atom. The lowest BCUT2D eigenvalue weighted by Gasteiger charge is -2.34. The Morgan fingerprint density at radius 2 is 1.78 bits per heavy atom. The number of amides is 2. The van der Waals surface area contributed by atoms with Crippen LogP contribution in [-0.4, -0.2) is 84.2 Å². The highest BCUT2D eigenvalue weighted by Crippen LogP contribution is 2.34. The fraction of sp³-hybridized carbons (Fsp3) is 0.381. The van der Waals surface area contributed by atoms with E-state index >= 15 is 0 Å². The number of aliphatic imine (C=N–C) groups is 1. The molecule has 32 heavy (non-hydrogen) atoms. The maximum Gasteiger partial charge on any atom is 0.289 e. The Morgan fingerprint density at radius 1 is 1.03 bits per heavy atom. The topological polar surface area (TPSA) is 112 Å². The van der Waals surface area contributed by atoms with Crippen molar-refractivity contribution in [3.8, 4) is 0 Å². The van der Waals surface area contributed by atoms with Crippen LogP contribution < -0.4 is 5.32 Å². The molecule has 0 bridgehead atoms. The lowest BCUT2D eigenvalue weighted by molar-refractivity contribution is 0.0518. The van der Waals surface area contributed by atoms with Gasteiger partial charge in [-0.05, 0) is 30.3 Å². The molecule has 1 aromatic carbocycles. The molecule has 3 aliphatic heterocycles. The summed E-state index contributed by atoms with van der Waals surface area (Å²) in [6, 6.07) is 10.3. The summed E-state index contributed by atoms with van der Waals surface area (Å²) in [5.41, 5.74) is 1.28. The number of thioether (sulfide) groups is 1. The van der Waals surface area contributed by atoms with Crippen LogP contribution in [0.1, 0.15) is 20.9 Å². The quantitative estimate of drug-likeness (QED) is 0.718. The highest BCUT2D eigenvalue weighted by Gasteiger charge is 2.42. The molecule has 0 unspecified atom stereocenters. The van der Waals surface area contributed by atoms with Gasteiger partial charge in [0.1, 0.15) is 0 Å². The van der Waals surface area contributed by atoms with Crippen molar-refractivity contribution in [2.24, 2.45) is 4.99 Å². The number of carbonyl (C=O) groups excluding carboxylic acids is 2. The molecule has 1 N–H and O–H groups in total. The molecule has 2 aromatic rings. The van der Waals surface area contributed by atoms with Crippen molar-refractivity contribution in [3.05, 3.63) is 54.0 Å². The molecule has 3 aliphatic rings. The SMILES string of the molecule is O=C(c1cccc(NC2=N[C@H]3CS(=O)(=O)C[C@H]3S2)c1)N1CCN(C(=O)c2ccco2)CC1. The van der Waals surface area contributed by atoms with E-state index in [4.69, 9.17) is 4.42 Å². The number of anilines is 1. The predicted molar refractivity (Wildman–Crippen MR) is 122 cm³/mol. The summed E-state index contributed by atoms with van der Waals surface area (Å²) in [6.07, 6.45) is 1.47. The number of hydrogen-bond donors (Lipinski definition) is 1. The van der Waals surface area contributed by atoms with Crippen LogP contribution in [0.15, 0.2) is 52.1 Å². The Bertz CT molecular complexity index is 1170. The second kappa shape index (κ2) is 8.28. The van der Waals surface area contributed by atoms with Gasteiger partial charge in [-0.15, -0.1) is 0 Å². The van der Waals surface area contributed by atoms with Crippen molar-refractivity contribution < 1.29 is 22.4 Å². The number of fused-ring (bicyclic) bond motifs is 1. The number of nitrogens with one attached hydrogen (secondary N) is 1. The zero-order valence-corrected chi connectivity index (χ0v) is 18.8. The highest BCUT2D eigenvalue weighted by atomic mass is 32.2. The highest BCUT2D eigenvalue weighted by molar-refractivity contribution is 8.15. The summed E-state index contributed by atoms with van der Waals surface area (Å²) < 4.78 is 28.6. The van der Waals surface area contributed by atoms with E-state index in [1.807, 2.05) is 6.07 Å². The van der Waals surface area contributed by atoms with Crippen molar-refractivity contribution in [2.75, 3.05) is 43.0 Å². The Hall–Kier alpha value is -2.79. The molecule has 0 aliphatic carbocycles. The molecule has 4 heterocycles. The van der Waals surface area contributed by atoms with E-state index in [-0.39, 0.29) is 34.6 Å². The summed E-state index contributed by atoms with van der Waals surface area (Å²) in [4.78, 5) is 33.3. The standard InChI is InChI=1S/C21H22N4O5S2/c26-19(24-6-8-25(9-7-24)20(27)17-5-2-10-30-17)14-3-1-4-15(11-14)22-21-23-16-12-32(28,29)13-18(16)31-21/h1-5,10-11,16,18H,6-9,12-13H2,(H,22,23)/t16-,18+/m0/s1. The van der Waals surface area contributed by atoms with Gasteiger partial charge in [-0.25, -0.2) is 8.42 Å². The third-order valence-corrected chi connectivity index (χ3v) is 8.91. The number of amidine groups is 1. The van der Waals surface area contributed by atoms with Crippen molar-refractivity contribution in [1.29, 1.82) is 0 Å². The molecule has 0 spiro atoms. The molecule has 168 valence electrons. The first-order chi connectivity index (χ1) is 15.4. The molecule has 5 rings (SSSR count). The first kappa shape index (κ1) is 21.1. The van der Waals surface area contributed by atoms with Crippen LogP contribution in [0.25, 0.3) is 0 Å². The minimum absolute atomic E-state index is 0.0347. The minimum atomic E-state index is -2.99. The van der Waals surface area contributed by atoms with Crippen molar-refractivity contribution in [3.63, 3.8) is 0 Å². The monoisotopic (exact) mass is 474 g/mol. The van der Waals surface area contributed by atoms with Gasteiger partial charge in [-0.3, -0.25) is 14.6 Å². The van der Waals surface area contributed by atoms with Gasteiger partial charge >= 0.3 is 0 Å². The number of rotatable bonds is 3. The molecule has 2 amide bonds. The fourth-order valence-electron chi connectivity index (χ4n) is 4.12. The molecule has 2 atom stereocenters. The second-order valence-corrected chi connectivity index (χ2v) is 11.4. The zero-order valence-electron chi connectivity index (χ0n) is 17.1. The summed E-state index contributed by atoms with van der Waals surface area (Å²) in [6.45, 7) is 1.79. The van der Waals surface area contributed by atoms with Crippen LogP contribution in [-0.2, 0) is 9.84 Å². The van der Waals surface area contributed by atoms with Crippen LogP contribution in [0, 0.1) is 0 Å². The van der Waals surface area contributed by atoms with E-state index in [0.29, 0.717) is 42.7 Å². The van der Waals surface area contributed by atoms with Gasteiger partial charge in [-0.2, -0.15) is 0 Å². The molecular weight excluding hydrogens is 452 g/mol. The molecule has 2 fully saturated rings. The Labute approximate surface area is 189 Å². The summed E-state index contributed by atoms with van der Waals surface area (Å²) >= 11 is 1.44. The van der Waals surface area contributed by atoms with Gasteiger partial charge in [0.25, 0.3) is 11.8 Å². The molecule has 2 saturated heterocycles. The predicted octanol–water partition coefficient (Wildman–Crippen LogP) is 1.56. The number of benzene rings is 1. The smallest absolute Gasteiger partial charge is 0.289 e. The van der Waals surface area contributed by atoms with Gasteiger partial charge < -0.3 is 19.5 Å². The Balaban J connectivity index is 1.20. The molecular formula is C21H22N4O5S2. The van der Waals surface area contributed by atoms with E-state index < -0.39 is 9.84 Å². The lowest BCUT2D eigenvalue weighted by atomic mass is 10.1. The molecule has 0 radical (unpaired) electrons. The molecule has 1 aromatic heterocycles. The first-order valence-corrected chi connectivity index (χ1v) is 13.0. The third kappa shape index (κ3) is 4.26. The fourth-order valence-corrected chi connectivity index (χ4v) is 7.80. The largest absolute Gasteiger partial charge is 0.459 e. The maximum absolute atomic E-state index is 13.0. The lowest BCUT2D eigenvalue weighted by Crippen LogP contribution is -2.50. The van der Waals surface area contributed by atoms with Gasteiger partial charge in [0.15, 0.2) is 20.8 Å². The number of hydrogen-bond acceptors (Lipinski definition) is 8. The summed E-state index contributed by atoms with van der Waals surface area (Å²) in [7, 11) is -2.99. The van der Waals surface area contributed by atoms with Crippen LogP contribution in [0.3, 0.4) is 0 Å². The van der Waals surface area contributed by atoms with Crippen LogP contribution in [0.5, 0.6) is 0 Å². The van der Waals surface area contributed by atoms with Crippen LogP contribution in [0.4, 0.5) is 5.69 Å². The van der Waals surface area contributed by atoms with E-state index in [2.05, 4.69) is 10.3 Å². The zero-order chi connectivity index (χ0) is 22.3. The number of nitrogens with zero attached hydrogens (tertiary/aromatic N) is 3. The number of carbonyl (C=O) groups is 2. The van der Waals surface area contributed by atoms with Gasteiger partial charge in [0.05, 0.1) is 23.8 Å². The average molecular weight is 475 g/mol. The van der Waals surface area contributed by atoms with E-state index in [1.54, 1.807) is 40.1 Å². The summed E-state index contributed by atoms with van der Waals surface area (Å²) in [5.74, 6) is 0.300. The second-order valence-electron chi connectivity index (χ2n) is 8.00. The average Bonchev–Trinajstić information content (AvgIpc) is 3.48. The van der Waals surface area contributed by atoms with Crippen LogP contribution >= 0.6 is 11.8 Å². The Kier molecular flexibility index (Phi) is 5.46. The number of piperazine rings is 1. The third-order valence-electron chi connectivity index (χ3n) is 5.76. The summed E-state index contributed by atoms with van der Waals surface area (Å²) in [5, 5.41) is 3.87. The molecule has 9 nitrogen and oxygen atoms in total. The normalized spacial score (nSPS) is 24.2. The van der Waals surface area contributed by atoms with Gasteiger partial charge in [-0.1, -0.05) is 17.8 Å². The maximum atomic E-state index is 13.0. The van der Waals surface area contributed by atoms with Gasteiger partial charge in [0.2, 0.25) is 0 Å². The molecule has 0 saturated carbocycles.